The summed E-state index contributed by atoms with van der Waals surface area (Å²) >= 11 is 0. The molecule has 1 saturated carbocycles. The highest BCUT2D eigenvalue weighted by molar-refractivity contribution is 4.95. The van der Waals surface area contributed by atoms with Crippen molar-refractivity contribution in [2.75, 3.05) is 19.6 Å². The van der Waals surface area contributed by atoms with Crippen LogP contribution in [0.2, 0.25) is 0 Å². The van der Waals surface area contributed by atoms with E-state index in [1.807, 2.05) is 0 Å². The standard InChI is InChI=1S/C10H19NO/c1-9-6-10(12,7-9)8-11-4-2-3-5-11/h9,12H,2-8H2,1H3. The van der Waals surface area contributed by atoms with E-state index in [4.69, 9.17) is 0 Å². The zero-order valence-corrected chi connectivity index (χ0v) is 7.92. The molecule has 1 aliphatic carbocycles. The summed E-state index contributed by atoms with van der Waals surface area (Å²) in [4.78, 5) is 2.41. The van der Waals surface area contributed by atoms with Gasteiger partial charge in [0.1, 0.15) is 0 Å². The van der Waals surface area contributed by atoms with Crippen molar-refractivity contribution in [1.29, 1.82) is 0 Å². The lowest BCUT2D eigenvalue weighted by atomic mass is 9.72. The van der Waals surface area contributed by atoms with E-state index in [2.05, 4.69) is 11.8 Å². The Hall–Kier alpha value is -0.0800. The van der Waals surface area contributed by atoms with Gasteiger partial charge in [0.2, 0.25) is 0 Å². The highest BCUT2D eigenvalue weighted by Crippen LogP contribution is 2.38. The van der Waals surface area contributed by atoms with Crippen LogP contribution in [-0.2, 0) is 0 Å². The molecule has 12 heavy (non-hydrogen) atoms. The molecule has 2 nitrogen and oxygen atoms in total. The molecule has 1 heterocycles. The Morgan fingerprint density at radius 1 is 1.33 bits per heavy atom. The molecule has 1 N–H and O–H groups in total. The average molecular weight is 169 g/mol. The van der Waals surface area contributed by atoms with Crippen LogP contribution in [0.15, 0.2) is 0 Å². The molecule has 0 amide bonds. The summed E-state index contributed by atoms with van der Waals surface area (Å²) in [6.45, 7) is 5.56. The predicted molar refractivity (Wildman–Crippen MR) is 49.0 cm³/mol. The molecular formula is C10H19NO. The number of likely N-dealkylation sites (tertiary alicyclic amines) is 1. The van der Waals surface area contributed by atoms with Crippen LogP contribution in [0, 0.1) is 5.92 Å². The van der Waals surface area contributed by atoms with Gasteiger partial charge in [-0.3, -0.25) is 0 Å². The third-order valence-electron chi connectivity index (χ3n) is 3.17. The fourth-order valence-corrected chi connectivity index (χ4v) is 2.72. The first kappa shape index (κ1) is 8.52. The van der Waals surface area contributed by atoms with Crippen molar-refractivity contribution in [3.05, 3.63) is 0 Å². The Labute approximate surface area is 74.6 Å². The fourth-order valence-electron chi connectivity index (χ4n) is 2.72. The molecule has 0 aromatic heterocycles. The normalized spacial score (nSPS) is 43.0. The van der Waals surface area contributed by atoms with Crippen molar-refractivity contribution < 1.29 is 5.11 Å². The number of hydrogen-bond donors (Lipinski definition) is 1. The van der Waals surface area contributed by atoms with Crippen molar-refractivity contribution in [3.8, 4) is 0 Å². The van der Waals surface area contributed by atoms with Gasteiger partial charge in [0.25, 0.3) is 0 Å². The summed E-state index contributed by atoms with van der Waals surface area (Å²) < 4.78 is 0. The minimum atomic E-state index is -0.316. The lowest BCUT2D eigenvalue weighted by molar-refractivity contribution is -0.0851. The van der Waals surface area contributed by atoms with Crippen molar-refractivity contribution in [3.63, 3.8) is 0 Å². The van der Waals surface area contributed by atoms with Gasteiger partial charge in [0.05, 0.1) is 5.60 Å². The summed E-state index contributed by atoms with van der Waals surface area (Å²) in [6.07, 6.45) is 4.68. The largest absolute Gasteiger partial charge is 0.389 e. The Balaban J connectivity index is 1.78. The summed E-state index contributed by atoms with van der Waals surface area (Å²) in [5.74, 6) is 0.748. The second-order valence-electron chi connectivity index (χ2n) is 4.72. The van der Waals surface area contributed by atoms with Crippen molar-refractivity contribution in [1.82, 2.24) is 4.90 Å². The SMILES string of the molecule is CC1CC(O)(CN2CCCC2)C1. The van der Waals surface area contributed by atoms with Crippen molar-refractivity contribution in [2.45, 2.75) is 38.2 Å². The van der Waals surface area contributed by atoms with Gasteiger partial charge >= 0.3 is 0 Å². The molecule has 2 fully saturated rings. The highest BCUT2D eigenvalue weighted by atomic mass is 16.3. The predicted octanol–water partition coefficient (Wildman–Crippen LogP) is 1.24. The third kappa shape index (κ3) is 1.64. The van der Waals surface area contributed by atoms with Crippen LogP contribution in [0.4, 0.5) is 0 Å². The molecule has 0 aromatic carbocycles. The topological polar surface area (TPSA) is 23.5 Å². The van der Waals surface area contributed by atoms with Crippen LogP contribution in [0.25, 0.3) is 0 Å². The number of rotatable bonds is 2. The zero-order chi connectivity index (χ0) is 8.60. The molecule has 0 spiro atoms. The van der Waals surface area contributed by atoms with E-state index < -0.39 is 0 Å². The van der Waals surface area contributed by atoms with Crippen LogP contribution in [-0.4, -0.2) is 35.2 Å². The minimum Gasteiger partial charge on any atom is -0.389 e. The molecule has 1 saturated heterocycles. The lowest BCUT2D eigenvalue weighted by Gasteiger charge is -2.44. The number of nitrogens with zero attached hydrogens (tertiary/aromatic N) is 1. The van der Waals surface area contributed by atoms with Crippen LogP contribution in [0.1, 0.15) is 32.6 Å². The van der Waals surface area contributed by atoms with Crippen molar-refractivity contribution >= 4 is 0 Å². The van der Waals surface area contributed by atoms with Crippen LogP contribution < -0.4 is 0 Å². The molecular weight excluding hydrogens is 150 g/mol. The average Bonchev–Trinajstić information content (AvgIpc) is 2.36. The van der Waals surface area contributed by atoms with Crippen molar-refractivity contribution in [2.24, 2.45) is 5.92 Å². The second kappa shape index (κ2) is 3.00. The molecule has 0 radical (unpaired) electrons. The number of aliphatic hydroxyl groups is 1. The van der Waals surface area contributed by atoms with Gasteiger partial charge in [0, 0.05) is 6.54 Å². The Bertz CT molecular complexity index is 157. The maximum Gasteiger partial charge on any atom is 0.0779 e. The second-order valence-corrected chi connectivity index (χ2v) is 4.72. The van der Waals surface area contributed by atoms with E-state index in [1.165, 1.54) is 25.9 Å². The fraction of sp³-hybridized carbons (Fsp3) is 1.00. The van der Waals surface area contributed by atoms with Gasteiger partial charge in [-0.15, -0.1) is 0 Å². The van der Waals surface area contributed by atoms with Gasteiger partial charge < -0.3 is 10.0 Å². The van der Waals surface area contributed by atoms with Gasteiger partial charge in [0.15, 0.2) is 0 Å². The van der Waals surface area contributed by atoms with Gasteiger partial charge in [-0.05, 0) is 44.7 Å². The first-order valence-corrected chi connectivity index (χ1v) is 5.13. The molecule has 2 aliphatic rings. The first-order chi connectivity index (χ1) is 5.68. The summed E-state index contributed by atoms with van der Waals surface area (Å²) in [5.41, 5.74) is -0.316. The monoisotopic (exact) mass is 169 g/mol. The molecule has 70 valence electrons. The summed E-state index contributed by atoms with van der Waals surface area (Å²) in [7, 11) is 0. The van der Waals surface area contributed by atoms with Crippen LogP contribution in [0.3, 0.4) is 0 Å². The molecule has 1 aliphatic heterocycles. The Morgan fingerprint density at radius 2 is 1.92 bits per heavy atom. The van der Waals surface area contributed by atoms with E-state index in [9.17, 15) is 5.11 Å². The van der Waals surface area contributed by atoms with Gasteiger partial charge in [-0.1, -0.05) is 6.92 Å². The van der Waals surface area contributed by atoms with Gasteiger partial charge in [-0.25, -0.2) is 0 Å². The van der Waals surface area contributed by atoms with Crippen LogP contribution >= 0.6 is 0 Å². The first-order valence-electron chi connectivity index (χ1n) is 5.13. The number of β-amino-alcohol motifs (C(OH)–C–C–N with tert-alkyl or cyclic N) is 1. The van der Waals surface area contributed by atoms with E-state index in [0.717, 1.165) is 25.3 Å². The van der Waals surface area contributed by atoms with E-state index >= 15 is 0 Å². The molecule has 0 aromatic rings. The molecule has 2 heteroatoms. The smallest absolute Gasteiger partial charge is 0.0779 e. The highest BCUT2D eigenvalue weighted by Gasteiger charge is 2.41. The maximum absolute atomic E-state index is 10.00. The maximum atomic E-state index is 10.00. The van der Waals surface area contributed by atoms with E-state index in [0.29, 0.717) is 0 Å². The zero-order valence-electron chi connectivity index (χ0n) is 7.92. The van der Waals surface area contributed by atoms with Crippen LogP contribution in [0.5, 0.6) is 0 Å². The molecule has 0 bridgehead atoms. The van der Waals surface area contributed by atoms with E-state index in [1.54, 1.807) is 0 Å². The summed E-state index contributed by atoms with van der Waals surface area (Å²) in [5, 5.41) is 10.00. The quantitative estimate of drug-likeness (QED) is 0.672. The minimum absolute atomic E-state index is 0.316. The lowest BCUT2D eigenvalue weighted by Crippen LogP contribution is -2.50. The molecule has 0 unspecified atom stereocenters. The summed E-state index contributed by atoms with van der Waals surface area (Å²) in [6, 6.07) is 0. The molecule has 0 atom stereocenters. The van der Waals surface area contributed by atoms with E-state index in [-0.39, 0.29) is 5.60 Å². The third-order valence-corrected chi connectivity index (χ3v) is 3.17. The van der Waals surface area contributed by atoms with Gasteiger partial charge in [-0.2, -0.15) is 0 Å². The Morgan fingerprint density at radius 3 is 2.42 bits per heavy atom. The Kier molecular flexibility index (Phi) is 2.13. The molecule has 2 rings (SSSR count). The number of hydrogen-bond acceptors (Lipinski definition) is 2.